The summed E-state index contributed by atoms with van der Waals surface area (Å²) in [6, 6.07) is 7.09. The van der Waals surface area contributed by atoms with Crippen LogP contribution in [0.5, 0.6) is 0 Å². The number of nitro groups is 1. The molecule has 0 unspecified atom stereocenters. The van der Waals surface area contributed by atoms with Crippen LogP contribution >= 0.6 is 11.6 Å². The van der Waals surface area contributed by atoms with Gasteiger partial charge in [0.15, 0.2) is 0 Å². The molecule has 6 heteroatoms. The maximum absolute atomic E-state index is 13.5. The fourth-order valence-electron chi connectivity index (χ4n) is 1.41. The minimum atomic E-state index is -0.603. The highest BCUT2D eigenvalue weighted by Gasteiger charge is 2.14. The Morgan fingerprint density at radius 1 is 1.29 bits per heavy atom. The van der Waals surface area contributed by atoms with E-state index in [0.717, 1.165) is 6.20 Å². The summed E-state index contributed by atoms with van der Waals surface area (Å²) in [5.41, 5.74) is 0.167. The average Bonchev–Trinajstić information content (AvgIpc) is 2.30. The molecule has 0 saturated carbocycles. The number of pyridine rings is 1. The number of halogens is 2. The van der Waals surface area contributed by atoms with Gasteiger partial charge >= 0.3 is 0 Å². The lowest BCUT2D eigenvalue weighted by molar-refractivity contribution is -0.385. The van der Waals surface area contributed by atoms with Crippen LogP contribution in [-0.4, -0.2) is 9.91 Å². The van der Waals surface area contributed by atoms with Crippen molar-refractivity contribution in [1.82, 2.24) is 4.98 Å². The summed E-state index contributed by atoms with van der Waals surface area (Å²) in [6.07, 6.45) is 1.03. The molecule has 0 N–H and O–H groups in total. The summed E-state index contributed by atoms with van der Waals surface area (Å²) in [6.45, 7) is 0. The van der Waals surface area contributed by atoms with Gasteiger partial charge in [0, 0.05) is 17.2 Å². The molecule has 0 aliphatic heterocycles. The second-order valence-corrected chi connectivity index (χ2v) is 3.63. The summed E-state index contributed by atoms with van der Waals surface area (Å²) >= 11 is 5.81. The van der Waals surface area contributed by atoms with Crippen LogP contribution in [0.2, 0.25) is 5.15 Å². The van der Waals surface area contributed by atoms with E-state index in [2.05, 4.69) is 4.98 Å². The van der Waals surface area contributed by atoms with Crippen LogP contribution in [0, 0.1) is 15.9 Å². The maximum atomic E-state index is 13.5. The van der Waals surface area contributed by atoms with E-state index in [1.54, 1.807) is 6.07 Å². The zero-order chi connectivity index (χ0) is 12.4. The van der Waals surface area contributed by atoms with Gasteiger partial charge in [0.25, 0.3) is 5.69 Å². The molecule has 2 rings (SSSR count). The highest BCUT2D eigenvalue weighted by Crippen LogP contribution is 2.30. The van der Waals surface area contributed by atoms with Crippen molar-refractivity contribution in [1.29, 1.82) is 0 Å². The van der Waals surface area contributed by atoms with Gasteiger partial charge in [-0.3, -0.25) is 10.1 Å². The number of nitrogens with zero attached hydrogens (tertiary/aromatic N) is 2. The van der Waals surface area contributed by atoms with Crippen molar-refractivity contribution < 1.29 is 9.31 Å². The molecule has 0 aliphatic rings. The van der Waals surface area contributed by atoms with Gasteiger partial charge in [0.05, 0.1) is 4.92 Å². The maximum Gasteiger partial charge on any atom is 0.288 e. The monoisotopic (exact) mass is 252 g/mol. The van der Waals surface area contributed by atoms with Crippen molar-refractivity contribution in [3.8, 4) is 11.1 Å². The molecule has 2 aromatic rings. The third kappa shape index (κ3) is 2.24. The van der Waals surface area contributed by atoms with Crippen molar-refractivity contribution in [3.63, 3.8) is 0 Å². The molecule has 1 aromatic heterocycles. The second kappa shape index (κ2) is 4.47. The molecule has 0 aliphatic carbocycles. The molecule has 1 aromatic carbocycles. The lowest BCUT2D eigenvalue weighted by Gasteiger charge is -2.04. The first-order valence-electron chi connectivity index (χ1n) is 4.64. The van der Waals surface area contributed by atoms with Crippen molar-refractivity contribution in [2.45, 2.75) is 0 Å². The highest BCUT2D eigenvalue weighted by molar-refractivity contribution is 6.32. The van der Waals surface area contributed by atoms with Crippen molar-refractivity contribution in [2.24, 2.45) is 0 Å². The van der Waals surface area contributed by atoms with Gasteiger partial charge in [-0.25, -0.2) is 9.37 Å². The van der Waals surface area contributed by atoms with E-state index in [4.69, 9.17) is 11.6 Å². The van der Waals surface area contributed by atoms with Crippen molar-refractivity contribution >= 4 is 17.3 Å². The standard InChI is InChI=1S/C11H6ClFN2O2/c12-11-9(5-7(6-14-11)15(16)17)8-3-1-2-4-10(8)13/h1-6H. The summed E-state index contributed by atoms with van der Waals surface area (Å²) in [5.74, 6) is -0.503. The van der Waals surface area contributed by atoms with Gasteiger partial charge in [0.1, 0.15) is 17.2 Å². The summed E-state index contributed by atoms with van der Waals surface area (Å²) in [4.78, 5) is 13.7. The van der Waals surface area contributed by atoms with Crippen molar-refractivity contribution in [3.05, 3.63) is 57.6 Å². The van der Waals surface area contributed by atoms with Gasteiger partial charge in [-0.2, -0.15) is 0 Å². The minimum Gasteiger partial charge on any atom is -0.258 e. The Morgan fingerprint density at radius 2 is 2.00 bits per heavy atom. The molecule has 0 saturated heterocycles. The molecular weight excluding hydrogens is 247 g/mol. The summed E-state index contributed by atoms with van der Waals surface area (Å²) in [7, 11) is 0. The largest absolute Gasteiger partial charge is 0.288 e. The predicted octanol–water partition coefficient (Wildman–Crippen LogP) is 3.45. The van der Waals surface area contributed by atoms with E-state index in [1.807, 2.05) is 0 Å². The lowest BCUT2D eigenvalue weighted by Crippen LogP contribution is -1.93. The fraction of sp³-hybridized carbons (Fsp3) is 0. The molecular formula is C11H6ClFN2O2. The van der Waals surface area contributed by atoms with Crippen LogP contribution in [0.25, 0.3) is 11.1 Å². The smallest absolute Gasteiger partial charge is 0.258 e. The third-order valence-electron chi connectivity index (χ3n) is 2.20. The Balaban J connectivity index is 2.63. The van der Waals surface area contributed by atoms with E-state index >= 15 is 0 Å². The topological polar surface area (TPSA) is 56.0 Å². The molecule has 0 fully saturated rings. The molecule has 0 spiro atoms. The number of hydrogen-bond acceptors (Lipinski definition) is 3. The van der Waals surface area contributed by atoms with E-state index in [9.17, 15) is 14.5 Å². The third-order valence-corrected chi connectivity index (χ3v) is 2.50. The Bertz CT molecular complexity index is 589. The zero-order valence-electron chi connectivity index (χ0n) is 8.43. The van der Waals surface area contributed by atoms with Crippen LogP contribution in [0.4, 0.5) is 10.1 Å². The number of aromatic nitrogens is 1. The molecule has 1 heterocycles. The first kappa shape index (κ1) is 11.5. The molecule has 17 heavy (non-hydrogen) atoms. The first-order chi connectivity index (χ1) is 8.09. The van der Waals surface area contributed by atoms with E-state index in [0.29, 0.717) is 0 Å². The van der Waals surface area contributed by atoms with Crippen LogP contribution in [0.1, 0.15) is 0 Å². The minimum absolute atomic E-state index is 0.0284. The summed E-state index contributed by atoms with van der Waals surface area (Å²) < 4.78 is 13.5. The Kier molecular flexibility index (Phi) is 3.01. The lowest BCUT2D eigenvalue weighted by atomic mass is 10.1. The van der Waals surface area contributed by atoms with Crippen molar-refractivity contribution in [2.75, 3.05) is 0 Å². The van der Waals surface area contributed by atoms with Crippen LogP contribution in [0.15, 0.2) is 36.5 Å². The van der Waals surface area contributed by atoms with Gasteiger partial charge in [0.2, 0.25) is 0 Å². The van der Waals surface area contributed by atoms with Crippen LogP contribution < -0.4 is 0 Å². The van der Waals surface area contributed by atoms with E-state index in [-0.39, 0.29) is 22.0 Å². The first-order valence-corrected chi connectivity index (χ1v) is 5.02. The Hall–Kier alpha value is -2.01. The van der Waals surface area contributed by atoms with Crippen LogP contribution in [-0.2, 0) is 0 Å². The predicted molar refractivity (Wildman–Crippen MR) is 61.3 cm³/mol. The zero-order valence-corrected chi connectivity index (χ0v) is 9.19. The highest BCUT2D eigenvalue weighted by atomic mass is 35.5. The van der Waals surface area contributed by atoms with Gasteiger partial charge in [-0.1, -0.05) is 29.8 Å². The quantitative estimate of drug-likeness (QED) is 0.467. The molecule has 0 bridgehead atoms. The van der Waals surface area contributed by atoms with Crippen LogP contribution in [0.3, 0.4) is 0 Å². The summed E-state index contributed by atoms with van der Waals surface area (Å²) in [5, 5.41) is 10.6. The van der Waals surface area contributed by atoms with E-state index in [1.165, 1.54) is 24.3 Å². The SMILES string of the molecule is O=[N+]([O-])c1cnc(Cl)c(-c2ccccc2F)c1. The molecule has 0 radical (unpaired) electrons. The van der Waals surface area contributed by atoms with E-state index < -0.39 is 10.7 Å². The van der Waals surface area contributed by atoms with Gasteiger partial charge in [-0.15, -0.1) is 0 Å². The number of rotatable bonds is 2. The molecule has 0 amide bonds. The Labute approximate surface area is 101 Å². The molecule has 4 nitrogen and oxygen atoms in total. The molecule has 0 atom stereocenters. The normalized spacial score (nSPS) is 10.2. The number of benzene rings is 1. The van der Waals surface area contributed by atoms with Gasteiger partial charge in [-0.05, 0) is 6.07 Å². The van der Waals surface area contributed by atoms with Gasteiger partial charge < -0.3 is 0 Å². The average molecular weight is 253 g/mol. The number of hydrogen-bond donors (Lipinski definition) is 0. The Morgan fingerprint density at radius 3 is 2.65 bits per heavy atom. The fourth-order valence-corrected chi connectivity index (χ4v) is 1.61. The molecule has 86 valence electrons. The second-order valence-electron chi connectivity index (χ2n) is 3.27.